The summed E-state index contributed by atoms with van der Waals surface area (Å²) in [5.74, 6) is 1.44. The van der Waals surface area contributed by atoms with Gasteiger partial charge in [-0.15, -0.1) is 11.3 Å². The van der Waals surface area contributed by atoms with Crippen molar-refractivity contribution in [3.8, 4) is 5.69 Å². The first kappa shape index (κ1) is 34.6. The lowest BCUT2D eigenvalue weighted by Gasteiger charge is -2.25. The standard InChI is InChI=1S/C57H34N4OS/c1-2-16-36-31-48-46(29-35(36)15-1)52-39-19-6-4-14-34(39)27-28-47(52)61(48)49-32-37(30-45-40-20-7-9-25-50(40)62-53(45)49)55-58-56(43-23-11-17-33-13-3-5-18-38(33)43)60-57(59-55)44-24-12-22-42-41-21-8-10-26-51(41)63-54(42)44/h1-32,57H,(H,58,59,60). The summed E-state index contributed by atoms with van der Waals surface area (Å²) < 4.78 is 11.8. The number of furan rings is 1. The molecule has 0 saturated heterocycles. The van der Waals surface area contributed by atoms with Crippen molar-refractivity contribution in [3.05, 3.63) is 211 Å². The Balaban J connectivity index is 1.08. The zero-order valence-electron chi connectivity index (χ0n) is 33.7. The smallest absolute Gasteiger partial charge is 0.159 e. The summed E-state index contributed by atoms with van der Waals surface area (Å²) in [6, 6.07) is 69.6. The van der Waals surface area contributed by atoms with Crippen LogP contribution in [0.3, 0.4) is 0 Å². The molecule has 3 aromatic heterocycles. The number of rotatable bonds is 4. The number of aliphatic imine (C=N–C) groups is 2. The van der Waals surface area contributed by atoms with Gasteiger partial charge in [-0.1, -0.05) is 152 Å². The van der Waals surface area contributed by atoms with Gasteiger partial charge < -0.3 is 14.3 Å². The Labute approximate surface area is 364 Å². The van der Waals surface area contributed by atoms with Crippen LogP contribution in [-0.2, 0) is 0 Å². The Morgan fingerprint density at radius 2 is 1.19 bits per heavy atom. The summed E-state index contributed by atoms with van der Waals surface area (Å²) >= 11 is 1.82. The van der Waals surface area contributed by atoms with Gasteiger partial charge in [0.2, 0.25) is 0 Å². The molecule has 0 spiro atoms. The van der Waals surface area contributed by atoms with Crippen molar-refractivity contribution in [1.82, 2.24) is 9.88 Å². The minimum absolute atomic E-state index is 0.408. The van der Waals surface area contributed by atoms with Crippen LogP contribution in [0, 0.1) is 0 Å². The van der Waals surface area contributed by atoms with Gasteiger partial charge in [-0.05, 0) is 74.8 Å². The van der Waals surface area contributed by atoms with E-state index in [0.29, 0.717) is 5.84 Å². The molecule has 1 unspecified atom stereocenters. The van der Waals surface area contributed by atoms with Gasteiger partial charge in [0.1, 0.15) is 17.6 Å². The first-order chi connectivity index (χ1) is 31.2. The Hall–Kier alpha value is -8.06. The van der Waals surface area contributed by atoms with E-state index < -0.39 is 6.17 Å². The summed E-state index contributed by atoms with van der Waals surface area (Å²) in [5.41, 5.74) is 7.88. The molecule has 10 aromatic carbocycles. The summed E-state index contributed by atoms with van der Waals surface area (Å²) in [7, 11) is 0. The van der Waals surface area contributed by atoms with Crippen LogP contribution in [0.4, 0.5) is 0 Å². The molecular weight excluding hydrogens is 789 g/mol. The van der Waals surface area contributed by atoms with Gasteiger partial charge in [0, 0.05) is 58.4 Å². The van der Waals surface area contributed by atoms with E-state index in [1.165, 1.54) is 52.5 Å². The molecule has 0 fully saturated rings. The molecule has 1 atom stereocenters. The van der Waals surface area contributed by atoms with E-state index in [9.17, 15) is 0 Å². The summed E-state index contributed by atoms with van der Waals surface area (Å²) in [6.45, 7) is 0. The lowest BCUT2D eigenvalue weighted by Crippen LogP contribution is -2.33. The lowest BCUT2D eigenvalue weighted by atomic mass is 10.0. The van der Waals surface area contributed by atoms with Gasteiger partial charge in [-0.2, -0.15) is 0 Å². The summed E-state index contributed by atoms with van der Waals surface area (Å²) in [6.07, 6.45) is -0.408. The second-order valence-electron chi connectivity index (χ2n) is 16.5. The number of hydrogen-bond donors (Lipinski definition) is 1. The number of nitrogens with zero attached hydrogens (tertiary/aromatic N) is 3. The van der Waals surface area contributed by atoms with Crippen molar-refractivity contribution in [2.24, 2.45) is 9.98 Å². The first-order valence-electron chi connectivity index (χ1n) is 21.3. The highest BCUT2D eigenvalue weighted by Crippen LogP contribution is 2.44. The average molecular weight is 823 g/mol. The minimum atomic E-state index is -0.408. The second-order valence-corrected chi connectivity index (χ2v) is 17.6. The fourth-order valence-corrected chi connectivity index (χ4v) is 11.4. The molecule has 294 valence electrons. The molecular formula is C57H34N4OS. The number of nitrogens with one attached hydrogen (secondary N) is 1. The molecule has 1 aliphatic rings. The fraction of sp³-hybridized carbons (Fsp3) is 0.0175. The predicted octanol–water partition coefficient (Wildman–Crippen LogP) is 15.0. The van der Waals surface area contributed by atoms with Crippen molar-refractivity contribution in [3.63, 3.8) is 0 Å². The van der Waals surface area contributed by atoms with Gasteiger partial charge in [-0.3, -0.25) is 0 Å². The number of fused-ring (bicyclic) bond motifs is 13. The highest BCUT2D eigenvalue weighted by atomic mass is 32.1. The van der Waals surface area contributed by atoms with E-state index in [1.807, 2.05) is 17.4 Å². The quantitative estimate of drug-likeness (QED) is 0.192. The molecule has 5 nitrogen and oxygen atoms in total. The number of hydrogen-bond acceptors (Lipinski definition) is 5. The van der Waals surface area contributed by atoms with Crippen LogP contribution in [0.15, 0.2) is 209 Å². The van der Waals surface area contributed by atoms with E-state index in [4.69, 9.17) is 14.4 Å². The van der Waals surface area contributed by atoms with Gasteiger partial charge in [0.15, 0.2) is 11.4 Å². The average Bonchev–Trinajstić information content (AvgIpc) is 4.02. The zero-order valence-corrected chi connectivity index (χ0v) is 34.5. The maximum absolute atomic E-state index is 6.92. The molecule has 1 aliphatic heterocycles. The molecule has 0 radical (unpaired) electrons. The van der Waals surface area contributed by atoms with Crippen LogP contribution in [0.25, 0.3) is 102 Å². The molecule has 0 saturated carbocycles. The number of para-hydroxylation sites is 1. The van der Waals surface area contributed by atoms with Crippen LogP contribution in [0.5, 0.6) is 0 Å². The summed E-state index contributed by atoms with van der Waals surface area (Å²) in [4.78, 5) is 11.1. The van der Waals surface area contributed by atoms with Crippen LogP contribution in [0.1, 0.15) is 22.9 Å². The van der Waals surface area contributed by atoms with Crippen LogP contribution >= 0.6 is 11.3 Å². The van der Waals surface area contributed by atoms with Crippen LogP contribution in [0.2, 0.25) is 0 Å². The highest BCUT2D eigenvalue weighted by Gasteiger charge is 2.27. The molecule has 13 aromatic rings. The number of aromatic nitrogens is 1. The maximum atomic E-state index is 6.92. The maximum Gasteiger partial charge on any atom is 0.159 e. The minimum Gasteiger partial charge on any atom is -0.454 e. The molecule has 4 heterocycles. The van der Waals surface area contributed by atoms with E-state index in [2.05, 4.69) is 198 Å². The second kappa shape index (κ2) is 13.2. The van der Waals surface area contributed by atoms with Crippen molar-refractivity contribution >= 4 is 119 Å². The number of thiophene rings is 1. The Kier molecular flexibility index (Phi) is 7.27. The molecule has 14 rings (SSSR count). The van der Waals surface area contributed by atoms with Crippen molar-refractivity contribution < 1.29 is 4.42 Å². The largest absolute Gasteiger partial charge is 0.454 e. The molecule has 63 heavy (non-hydrogen) atoms. The fourth-order valence-electron chi connectivity index (χ4n) is 10.1. The lowest BCUT2D eigenvalue weighted by molar-refractivity contribution is 0.666. The number of amidine groups is 2. The van der Waals surface area contributed by atoms with Crippen LogP contribution in [-0.4, -0.2) is 16.2 Å². The third kappa shape index (κ3) is 5.16. The van der Waals surface area contributed by atoms with Crippen LogP contribution < -0.4 is 5.32 Å². The van der Waals surface area contributed by atoms with Crippen molar-refractivity contribution in [2.45, 2.75) is 6.17 Å². The van der Waals surface area contributed by atoms with E-state index in [1.54, 1.807) is 0 Å². The van der Waals surface area contributed by atoms with Gasteiger partial charge in [0.05, 0.1) is 16.7 Å². The van der Waals surface area contributed by atoms with Crippen molar-refractivity contribution in [1.29, 1.82) is 0 Å². The van der Waals surface area contributed by atoms with E-state index in [-0.39, 0.29) is 0 Å². The number of benzene rings is 10. The molecule has 0 aliphatic carbocycles. The molecule has 1 N–H and O–H groups in total. The molecule has 0 amide bonds. The van der Waals surface area contributed by atoms with E-state index >= 15 is 0 Å². The molecule has 6 heteroatoms. The monoisotopic (exact) mass is 822 g/mol. The molecule has 0 bridgehead atoms. The van der Waals surface area contributed by atoms with Gasteiger partial charge in [-0.25, -0.2) is 9.98 Å². The van der Waals surface area contributed by atoms with Gasteiger partial charge in [0.25, 0.3) is 0 Å². The third-order valence-corrected chi connectivity index (χ3v) is 14.2. The Morgan fingerprint density at radius 1 is 0.508 bits per heavy atom. The summed E-state index contributed by atoms with van der Waals surface area (Å²) in [5, 5.41) is 17.9. The highest BCUT2D eigenvalue weighted by molar-refractivity contribution is 7.26. The Bertz CT molecular complexity index is 4140. The topological polar surface area (TPSA) is 54.8 Å². The van der Waals surface area contributed by atoms with Gasteiger partial charge >= 0.3 is 0 Å². The van der Waals surface area contributed by atoms with Crippen molar-refractivity contribution in [2.75, 3.05) is 0 Å². The SMILES string of the molecule is c1ccc2cc3c(cc2c1)c1c2ccccc2ccc1n3-c1cc(C2=NC(c3cccc4c3sc3ccccc34)NC(c3cccc4ccccc34)=N2)cc2c1oc1ccccc12. The first-order valence-corrected chi connectivity index (χ1v) is 22.2. The normalized spacial score (nSPS) is 14.5. The predicted molar refractivity (Wildman–Crippen MR) is 265 cm³/mol. The Morgan fingerprint density at radius 3 is 2.06 bits per heavy atom. The zero-order chi connectivity index (χ0) is 41.2. The third-order valence-electron chi connectivity index (χ3n) is 13.0. The van der Waals surface area contributed by atoms with E-state index in [0.717, 1.165) is 72.0 Å².